The van der Waals surface area contributed by atoms with E-state index in [9.17, 15) is 0 Å². The van der Waals surface area contributed by atoms with Crippen LogP contribution < -0.4 is 5.72 Å². The van der Waals surface area contributed by atoms with Crippen molar-refractivity contribution < 1.29 is 0 Å². The van der Waals surface area contributed by atoms with Crippen molar-refractivity contribution in [1.82, 2.24) is 14.8 Å². The smallest absolute Gasteiger partial charge is 0.244 e. The quantitative estimate of drug-likeness (QED) is 0.177. The van der Waals surface area contributed by atoms with Crippen LogP contribution in [0, 0.1) is 0 Å². The van der Waals surface area contributed by atoms with Crippen LogP contribution in [0.1, 0.15) is 27.8 Å². The first-order valence-corrected chi connectivity index (χ1v) is 14.9. The number of halogens is 2. The van der Waals surface area contributed by atoms with Crippen LogP contribution in [0.5, 0.6) is 0 Å². The molecule has 0 unspecified atom stereocenters. The highest BCUT2D eigenvalue weighted by Gasteiger charge is 2.16. The molecule has 0 saturated carbocycles. The van der Waals surface area contributed by atoms with E-state index in [-0.39, 0.29) is 0 Å². The van der Waals surface area contributed by atoms with Crippen molar-refractivity contribution in [3.8, 4) is 0 Å². The summed E-state index contributed by atoms with van der Waals surface area (Å²) in [5, 5.41) is 6.36. The lowest BCUT2D eigenvalue weighted by atomic mass is 9.65. The molecule has 0 atom stereocenters. The standard InChI is InChI=1S/C30H26BCl2N3Si/c32-26-15-11-24(12-16-26)29(25-13-17-27(33)18-14-25)37-21-36-20-34-30(35-36)31-28(23-9-5-2-6-10-23)19-22-7-3-1-4-8-22/h1-20,29,31H,21,37H2. The molecule has 0 amide bonds. The maximum atomic E-state index is 6.16. The number of benzene rings is 4. The van der Waals surface area contributed by atoms with Gasteiger partial charge in [0.15, 0.2) is 0 Å². The highest BCUT2D eigenvalue weighted by Crippen LogP contribution is 2.26. The summed E-state index contributed by atoms with van der Waals surface area (Å²) in [6, 6.07) is 37.2. The minimum atomic E-state index is -0.646. The normalized spacial score (nSPS) is 11.9. The average molecular weight is 538 g/mol. The third-order valence-electron chi connectivity index (χ3n) is 6.41. The number of hydrogen-bond donors (Lipinski definition) is 0. The van der Waals surface area contributed by atoms with Gasteiger partial charge in [-0.05, 0) is 52.1 Å². The molecule has 3 nitrogen and oxygen atoms in total. The zero-order valence-corrected chi connectivity index (χ0v) is 23.3. The van der Waals surface area contributed by atoms with Gasteiger partial charge in [0.2, 0.25) is 7.28 Å². The summed E-state index contributed by atoms with van der Waals surface area (Å²) in [6.07, 6.45) is 4.97. The third-order valence-corrected chi connectivity index (χ3v) is 9.15. The Balaban J connectivity index is 1.34. The van der Waals surface area contributed by atoms with E-state index in [1.807, 2.05) is 47.4 Å². The molecule has 5 aromatic rings. The van der Waals surface area contributed by atoms with Gasteiger partial charge in [-0.15, -0.1) is 0 Å². The Morgan fingerprint density at radius 3 is 1.95 bits per heavy atom. The van der Waals surface area contributed by atoms with Crippen molar-refractivity contribution in [3.05, 3.63) is 148 Å². The third kappa shape index (κ3) is 6.89. The molecule has 1 aromatic heterocycles. The van der Waals surface area contributed by atoms with Crippen molar-refractivity contribution in [3.63, 3.8) is 0 Å². The Bertz CT molecular complexity index is 1410. The van der Waals surface area contributed by atoms with E-state index in [1.54, 1.807) is 0 Å². The predicted octanol–water partition coefficient (Wildman–Crippen LogP) is 5.76. The number of aromatic nitrogens is 3. The molecule has 0 saturated heterocycles. The summed E-state index contributed by atoms with van der Waals surface area (Å²) in [6.45, 7) is 0. The van der Waals surface area contributed by atoms with E-state index >= 15 is 0 Å². The van der Waals surface area contributed by atoms with E-state index in [1.165, 1.54) is 27.7 Å². The Morgan fingerprint density at radius 1 is 0.784 bits per heavy atom. The second-order valence-electron chi connectivity index (χ2n) is 8.99. The van der Waals surface area contributed by atoms with Gasteiger partial charge in [-0.2, -0.15) is 5.10 Å². The fourth-order valence-corrected chi connectivity index (χ4v) is 6.71. The second kappa shape index (κ2) is 12.2. The molecule has 1 heterocycles. The molecule has 0 N–H and O–H groups in total. The molecule has 37 heavy (non-hydrogen) atoms. The van der Waals surface area contributed by atoms with Crippen molar-refractivity contribution in [1.29, 1.82) is 0 Å². The molecule has 7 heteroatoms. The van der Waals surface area contributed by atoms with Crippen LogP contribution in [0.4, 0.5) is 0 Å². The van der Waals surface area contributed by atoms with E-state index in [0.29, 0.717) is 12.8 Å². The van der Waals surface area contributed by atoms with Gasteiger partial charge < -0.3 is 0 Å². The minimum absolute atomic E-state index is 0.333. The summed E-state index contributed by atoms with van der Waals surface area (Å²) in [7, 11) is 0.0261. The van der Waals surface area contributed by atoms with Gasteiger partial charge in [-0.3, -0.25) is 4.68 Å². The number of hydrogen-bond acceptors (Lipinski definition) is 2. The summed E-state index contributed by atoms with van der Waals surface area (Å²) in [4.78, 5) is 4.67. The lowest BCUT2D eigenvalue weighted by Crippen LogP contribution is -2.23. The summed E-state index contributed by atoms with van der Waals surface area (Å²) in [5.41, 5.74) is 7.26. The number of nitrogens with zero attached hydrogens (tertiary/aromatic N) is 3. The van der Waals surface area contributed by atoms with E-state index in [4.69, 9.17) is 28.3 Å². The molecule has 0 aliphatic heterocycles. The van der Waals surface area contributed by atoms with Crippen LogP contribution in [0.25, 0.3) is 11.5 Å². The van der Waals surface area contributed by atoms with Gasteiger partial charge in [-0.1, -0.05) is 120 Å². The molecule has 0 radical (unpaired) electrons. The van der Waals surface area contributed by atoms with E-state index in [0.717, 1.165) is 21.9 Å². The lowest BCUT2D eigenvalue weighted by Gasteiger charge is -2.18. The van der Waals surface area contributed by atoms with Gasteiger partial charge in [0, 0.05) is 16.2 Å². The predicted molar refractivity (Wildman–Crippen MR) is 161 cm³/mol. The molecular weight excluding hydrogens is 512 g/mol. The second-order valence-corrected chi connectivity index (χ2v) is 11.7. The number of rotatable bonds is 9. The Morgan fingerprint density at radius 2 is 1.35 bits per heavy atom. The van der Waals surface area contributed by atoms with E-state index < -0.39 is 9.52 Å². The molecule has 0 spiro atoms. The molecule has 0 aliphatic rings. The van der Waals surface area contributed by atoms with Gasteiger partial charge in [0.25, 0.3) is 0 Å². The van der Waals surface area contributed by atoms with Crippen LogP contribution >= 0.6 is 23.2 Å². The Hall–Kier alpha value is -3.38. The highest BCUT2D eigenvalue weighted by atomic mass is 35.5. The van der Waals surface area contributed by atoms with Gasteiger partial charge in [0.1, 0.15) is 12.1 Å². The maximum Gasteiger partial charge on any atom is 0.244 e. The van der Waals surface area contributed by atoms with E-state index in [2.05, 4.69) is 83.9 Å². The molecule has 0 fully saturated rings. The first-order valence-electron chi connectivity index (χ1n) is 12.3. The fourth-order valence-electron chi connectivity index (χ4n) is 4.51. The van der Waals surface area contributed by atoms with Crippen LogP contribution in [0.15, 0.2) is 116 Å². The molecule has 5 rings (SSSR count). The summed E-state index contributed by atoms with van der Waals surface area (Å²) in [5.74, 6) is 0. The van der Waals surface area contributed by atoms with Crippen LogP contribution in [0.3, 0.4) is 0 Å². The average Bonchev–Trinajstić information content (AvgIpc) is 3.38. The van der Waals surface area contributed by atoms with Crippen molar-refractivity contribution in [2.75, 3.05) is 0 Å². The van der Waals surface area contributed by atoms with Gasteiger partial charge >= 0.3 is 0 Å². The topological polar surface area (TPSA) is 30.7 Å². The zero-order valence-electron chi connectivity index (χ0n) is 20.3. The molecule has 0 bridgehead atoms. The van der Waals surface area contributed by atoms with Gasteiger partial charge in [0.05, 0.1) is 9.52 Å². The fraction of sp³-hybridized carbons (Fsp3) is 0.0667. The maximum absolute atomic E-state index is 6.16. The Kier molecular flexibility index (Phi) is 8.36. The largest absolute Gasteiger partial charge is 0.257 e. The summed E-state index contributed by atoms with van der Waals surface area (Å²) < 4.78 is 2.01. The minimum Gasteiger partial charge on any atom is -0.257 e. The monoisotopic (exact) mass is 537 g/mol. The highest BCUT2D eigenvalue weighted by molar-refractivity contribution is 6.73. The van der Waals surface area contributed by atoms with Crippen molar-refractivity contribution in [2.24, 2.45) is 0 Å². The molecule has 0 aliphatic carbocycles. The molecule has 182 valence electrons. The Labute approximate surface area is 230 Å². The van der Waals surface area contributed by atoms with Crippen molar-refractivity contribution in [2.45, 2.75) is 11.7 Å². The van der Waals surface area contributed by atoms with Gasteiger partial charge in [-0.25, -0.2) is 4.98 Å². The SMILES string of the molecule is Clc1ccc(C([SiH2]Cn2cnc(BC(=Cc3ccccc3)c3ccccc3)n2)c2ccc(Cl)cc2)cc1. The van der Waals surface area contributed by atoms with Crippen LogP contribution in [-0.2, 0) is 6.17 Å². The zero-order chi connectivity index (χ0) is 25.5. The molecule has 4 aromatic carbocycles. The molecular formula is C30H26BCl2N3Si. The summed E-state index contributed by atoms with van der Waals surface area (Å²) >= 11 is 12.3. The van der Waals surface area contributed by atoms with Crippen LogP contribution in [-0.4, -0.2) is 31.6 Å². The van der Waals surface area contributed by atoms with Crippen molar-refractivity contribution >= 4 is 57.3 Å². The lowest BCUT2D eigenvalue weighted by molar-refractivity contribution is 0.735. The first-order chi connectivity index (χ1) is 18.1. The first kappa shape index (κ1) is 25.3. The van der Waals surface area contributed by atoms with Crippen LogP contribution in [0.2, 0.25) is 10.0 Å².